The maximum absolute atomic E-state index is 12.1. The average Bonchev–Trinajstić information content (AvgIpc) is 2.57. The fourth-order valence-corrected chi connectivity index (χ4v) is 2.36. The Kier molecular flexibility index (Phi) is 7.91. The largest absolute Gasteiger partial charge is 0.368 e. The molecular weight excluding hydrogens is 349 g/mol. The third-order valence-corrected chi connectivity index (χ3v) is 3.65. The number of hydrogen-bond donors (Lipinski definition) is 2. The molecule has 0 atom stereocenters. The molecule has 2 aromatic rings. The van der Waals surface area contributed by atoms with E-state index in [0.29, 0.717) is 11.4 Å². The molecular formula is C16H21Cl2N5O. The lowest BCUT2D eigenvalue weighted by atomic mass is 10.2. The predicted molar refractivity (Wildman–Crippen MR) is 101 cm³/mol. The Morgan fingerprint density at radius 1 is 1.08 bits per heavy atom. The van der Waals surface area contributed by atoms with Crippen LogP contribution in [0, 0.1) is 6.92 Å². The standard InChI is InChI=1S/C16H19N5O.2ClH/c1-12-2-3-13(10-18-12)16(22)20-15-5-4-14(11-19-15)21-8-6-17-7-9-21;;/h2-5,10-11,17H,6-9H2,1H3,(H,19,20,22);2*1H. The van der Waals surface area contributed by atoms with Gasteiger partial charge >= 0.3 is 0 Å². The summed E-state index contributed by atoms with van der Waals surface area (Å²) in [6.07, 6.45) is 3.37. The molecule has 2 N–H and O–H groups in total. The Labute approximate surface area is 153 Å². The molecule has 8 heteroatoms. The molecule has 2 aromatic heterocycles. The van der Waals surface area contributed by atoms with Gasteiger partial charge in [-0.3, -0.25) is 9.78 Å². The molecule has 1 saturated heterocycles. The number of aromatic nitrogens is 2. The molecule has 130 valence electrons. The fourth-order valence-electron chi connectivity index (χ4n) is 2.36. The van der Waals surface area contributed by atoms with E-state index < -0.39 is 0 Å². The molecule has 1 aliphatic heterocycles. The van der Waals surface area contributed by atoms with E-state index in [2.05, 4.69) is 25.5 Å². The molecule has 0 aromatic carbocycles. The van der Waals surface area contributed by atoms with Crippen LogP contribution < -0.4 is 15.5 Å². The molecule has 0 bridgehead atoms. The van der Waals surface area contributed by atoms with E-state index in [4.69, 9.17) is 0 Å². The van der Waals surface area contributed by atoms with Crippen LogP contribution in [0.3, 0.4) is 0 Å². The molecule has 6 nitrogen and oxygen atoms in total. The van der Waals surface area contributed by atoms with Gasteiger partial charge in [-0.05, 0) is 31.2 Å². The van der Waals surface area contributed by atoms with E-state index in [1.54, 1.807) is 18.5 Å². The van der Waals surface area contributed by atoms with Crippen LogP contribution in [0.15, 0.2) is 36.7 Å². The molecule has 1 fully saturated rings. The number of rotatable bonds is 3. The summed E-state index contributed by atoms with van der Waals surface area (Å²) in [6.45, 7) is 5.81. The Balaban J connectivity index is 0.00000144. The van der Waals surface area contributed by atoms with Crippen LogP contribution in [-0.4, -0.2) is 42.1 Å². The van der Waals surface area contributed by atoms with Gasteiger partial charge in [0, 0.05) is 38.1 Å². The Morgan fingerprint density at radius 3 is 2.42 bits per heavy atom. The van der Waals surface area contributed by atoms with Gasteiger partial charge in [-0.15, -0.1) is 24.8 Å². The summed E-state index contributed by atoms with van der Waals surface area (Å²) in [5.41, 5.74) is 2.49. The second-order valence-corrected chi connectivity index (χ2v) is 5.28. The quantitative estimate of drug-likeness (QED) is 0.868. The van der Waals surface area contributed by atoms with Crippen LogP contribution in [0.25, 0.3) is 0 Å². The highest BCUT2D eigenvalue weighted by Gasteiger charge is 2.11. The topological polar surface area (TPSA) is 70.2 Å². The zero-order valence-electron chi connectivity index (χ0n) is 13.4. The number of pyridine rings is 2. The van der Waals surface area contributed by atoms with Crippen molar-refractivity contribution < 1.29 is 4.79 Å². The first-order valence-corrected chi connectivity index (χ1v) is 7.38. The van der Waals surface area contributed by atoms with Crippen LogP contribution >= 0.6 is 24.8 Å². The van der Waals surface area contributed by atoms with Crippen molar-refractivity contribution in [1.82, 2.24) is 15.3 Å². The molecule has 3 rings (SSSR count). The molecule has 0 saturated carbocycles. The van der Waals surface area contributed by atoms with Crippen molar-refractivity contribution in [2.24, 2.45) is 0 Å². The number of nitrogens with one attached hydrogen (secondary N) is 2. The second kappa shape index (κ2) is 9.42. The van der Waals surface area contributed by atoms with Crippen LogP contribution in [0.5, 0.6) is 0 Å². The van der Waals surface area contributed by atoms with Crippen LogP contribution in [-0.2, 0) is 0 Å². The smallest absolute Gasteiger partial charge is 0.258 e. The van der Waals surface area contributed by atoms with Crippen LogP contribution in [0.4, 0.5) is 11.5 Å². The molecule has 0 radical (unpaired) electrons. The summed E-state index contributed by atoms with van der Waals surface area (Å²) >= 11 is 0. The number of halogens is 2. The molecule has 0 aliphatic carbocycles. The van der Waals surface area contributed by atoms with Crippen molar-refractivity contribution in [3.8, 4) is 0 Å². The van der Waals surface area contributed by atoms with Gasteiger partial charge in [0.2, 0.25) is 0 Å². The van der Waals surface area contributed by atoms with Crippen molar-refractivity contribution >= 4 is 42.2 Å². The zero-order chi connectivity index (χ0) is 15.4. The van der Waals surface area contributed by atoms with Crippen molar-refractivity contribution in [2.75, 3.05) is 36.4 Å². The highest BCUT2D eigenvalue weighted by molar-refractivity contribution is 6.03. The first kappa shape index (κ1) is 20.2. The maximum atomic E-state index is 12.1. The monoisotopic (exact) mass is 369 g/mol. The van der Waals surface area contributed by atoms with Gasteiger partial charge in [0.1, 0.15) is 5.82 Å². The number of nitrogens with zero attached hydrogens (tertiary/aromatic N) is 3. The third-order valence-electron chi connectivity index (χ3n) is 3.65. The van der Waals surface area contributed by atoms with Crippen molar-refractivity contribution in [3.63, 3.8) is 0 Å². The average molecular weight is 370 g/mol. The van der Waals surface area contributed by atoms with Gasteiger partial charge in [0.15, 0.2) is 0 Å². The summed E-state index contributed by atoms with van der Waals surface area (Å²) < 4.78 is 0. The van der Waals surface area contributed by atoms with E-state index >= 15 is 0 Å². The second-order valence-electron chi connectivity index (χ2n) is 5.28. The Morgan fingerprint density at radius 2 is 1.83 bits per heavy atom. The molecule has 1 aliphatic rings. The molecule has 0 unspecified atom stereocenters. The number of amides is 1. The number of aryl methyl sites for hydroxylation is 1. The summed E-state index contributed by atoms with van der Waals surface area (Å²) in [7, 11) is 0. The SMILES string of the molecule is Cc1ccc(C(=O)Nc2ccc(N3CCNCC3)cn2)cn1.Cl.Cl. The summed E-state index contributed by atoms with van der Waals surface area (Å²) in [5, 5.41) is 6.11. The Bertz CT molecular complexity index is 643. The first-order chi connectivity index (χ1) is 10.7. The number of anilines is 2. The van der Waals surface area contributed by atoms with E-state index in [9.17, 15) is 4.79 Å². The number of carbonyl (C=O) groups excluding carboxylic acids is 1. The van der Waals surface area contributed by atoms with Gasteiger partial charge in [0.05, 0.1) is 17.4 Å². The molecule has 1 amide bonds. The molecule has 0 spiro atoms. The van der Waals surface area contributed by atoms with Gasteiger partial charge in [0.25, 0.3) is 5.91 Å². The summed E-state index contributed by atoms with van der Waals surface area (Å²) in [6, 6.07) is 7.39. The van der Waals surface area contributed by atoms with Crippen molar-refractivity contribution in [2.45, 2.75) is 6.92 Å². The lowest BCUT2D eigenvalue weighted by molar-refractivity contribution is 0.102. The fraction of sp³-hybridized carbons (Fsp3) is 0.312. The Hall–Kier alpha value is -1.89. The van der Waals surface area contributed by atoms with E-state index in [1.165, 1.54) is 0 Å². The van der Waals surface area contributed by atoms with E-state index in [1.807, 2.05) is 25.1 Å². The predicted octanol–water partition coefficient (Wildman–Crippen LogP) is 2.29. The van der Waals surface area contributed by atoms with Crippen LogP contribution in [0.1, 0.15) is 16.1 Å². The zero-order valence-corrected chi connectivity index (χ0v) is 15.0. The van der Waals surface area contributed by atoms with E-state index in [-0.39, 0.29) is 30.7 Å². The minimum atomic E-state index is -0.199. The minimum Gasteiger partial charge on any atom is -0.368 e. The van der Waals surface area contributed by atoms with Crippen molar-refractivity contribution in [3.05, 3.63) is 47.9 Å². The van der Waals surface area contributed by atoms with Crippen molar-refractivity contribution in [1.29, 1.82) is 0 Å². The first-order valence-electron chi connectivity index (χ1n) is 7.38. The minimum absolute atomic E-state index is 0. The maximum Gasteiger partial charge on any atom is 0.258 e. The number of hydrogen-bond acceptors (Lipinski definition) is 5. The normalized spacial score (nSPS) is 13.5. The van der Waals surface area contributed by atoms with Gasteiger partial charge < -0.3 is 15.5 Å². The number of carbonyl (C=O) groups is 1. The summed E-state index contributed by atoms with van der Waals surface area (Å²) in [5.74, 6) is 0.347. The van der Waals surface area contributed by atoms with E-state index in [0.717, 1.165) is 37.6 Å². The highest BCUT2D eigenvalue weighted by atomic mass is 35.5. The molecule has 3 heterocycles. The number of piperazine rings is 1. The van der Waals surface area contributed by atoms with Crippen LogP contribution in [0.2, 0.25) is 0 Å². The highest BCUT2D eigenvalue weighted by Crippen LogP contribution is 2.16. The lowest BCUT2D eigenvalue weighted by Crippen LogP contribution is -2.43. The van der Waals surface area contributed by atoms with Gasteiger partial charge in [-0.2, -0.15) is 0 Å². The van der Waals surface area contributed by atoms with Gasteiger partial charge in [-0.1, -0.05) is 0 Å². The molecule has 24 heavy (non-hydrogen) atoms. The summed E-state index contributed by atoms with van der Waals surface area (Å²) in [4.78, 5) is 22.8. The van der Waals surface area contributed by atoms with Gasteiger partial charge in [-0.25, -0.2) is 4.98 Å². The lowest BCUT2D eigenvalue weighted by Gasteiger charge is -2.29. The third kappa shape index (κ3) is 5.06.